The number of anilines is 3. The second-order valence-electron chi connectivity index (χ2n) is 8.12. The molecule has 190 valence electrons. The molecular formula is C23H25Cl2N7O4. The SMILES string of the molecule is Nc1nc(NCCCn2cc(NC(=O)N3CCOCC3)c(-c3ccc(Cl)cc3Cl)c2)ccc1[N+](=O)[O-]. The van der Waals surface area contributed by atoms with Gasteiger partial charge >= 0.3 is 11.7 Å². The molecule has 4 N–H and O–H groups in total. The van der Waals surface area contributed by atoms with Gasteiger partial charge in [0.25, 0.3) is 0 Å². The summed E-state index contributed by atoms with van der Waals surface area (Å²) in [4.78, 5) is 28.9. The fraction of sp³-hybridized carbons (Fsp3) is 0.304. The van der Waals surface area contributed by atoms with Crippen molar-refractivity contribution in [2.24, 2.45) is 0 Å². The minimum atomic E-state index is -0.571. The molecule has 36 heavy (non-hydrogen) atoms. The van der Waals surface area contributed by atoms with Gasteiger partial charge in [0.15, 0.2) is 0 Å². The first kappa shape index (κ1) is 25.5. The van der Waals surface area contributed by atoms with Crippen LogP contribution in [0.4, 0.5) is 27.8 Å². The lowest BCUT2D eigenvalue weighted by molar-refractivity contribution is -0.384. The van der Waals surface area contributed by atoms with Crippen LogP contribution < -0.4 is 16.4 Å². The number of nitrogens with one attached hydrogen (secondary N) is 2. The molecule has 0 bridgehead atoms. The Bertz CT molecular complexity index is 1260. The summed E-state index contributed by atoms with van der Waals surface area (Å²) in [6.07, 6.45) is 4.49. The number of nitro groups is 1. The van der Waals surface area contributed by atoms with E-state index in [1.807, 2.05) is 23.0 Å². The number of aromatic nitrogens is 2. The molecule has 0 unspecified atom stereocenters. The number of hydrogen-bond acceptors (Lipinski definition) is 7. The van der Waals surface area contributed by atoms with Crippen molar-refractivity contribution >= 4 is 52.2 Å². The minimum absolute atomic E-state index is 0.138. The highest BCUT2D eigenvalue weighted by molar-refractivity contribution is 6.36. The number of carbonyl (C=O) groups excluding carboxylic acids is 1. The van der Waals surface area contributed by atoms with Gasteiger partial charge in [-0.05, 0) is 24.6 Å². The van der Waals surface area contributed by atoms with Gasteiger partial charge in [0, 0.05) is 60.8 Å². The number of nitrogen functional groups attached to an aromatic ring is 1. The van der Waals surface area contributed by atoms with E-state index in [1.54, 1.807) is 17.0 Å². The zero-order valence-corrected chi connectivity index (χ0v) is 20.8. The third kappa shape index (κ3) is 6.17. The summed E-state index contributed by atoms with van der Waals surface area (Å²) in [5, 5.41) is 18.0. The highest BCUT2D eigenvalue weighted by Crippen LogP contribution is 2.36. The van der Waals surface area contributed by atoms with Gasteiger partial charge in [-0.2, -0.15) is 0 Å². The molecule has 0 spiro atoms. The number of ether oxygens (including phenoxy) is 1. The molecule has 13 heteroatoms. The van der Waals surface area contributed by atoms with Gasteiger partial charge in [0.1, 0.15) is 5.82 Å². The molecule has 0 saturated carbocycles. The fourth-order valence-electron chi connectivity index (χ4n) is 3.82. The molecule has 3 heterocycles. The number of nitrogens with zero attached hydrogens (tertiary/aromatic N) is 4. The second-order valence-corrected chi connectivity index (χ2v) is 8.96. The summed E-state index contributed by atoms with van der Waals surface area (Å²) in [6.45, 7) is 3.24. The Labute approximate surface area is 217 Å². The first-order valence-electron chi connectivity index (χ1n) is 11.3. The summed E-state index contributed by atoms with van der Waals surface area (Å²) in [7, 11) is 0. The summed E-state index contributed by atoms with van der Waals surface area (Å²) in [5.74, 6) is 0.318. The third-order valence-corrected chi connectivity index (χ3v) is 6.19. The smallest absolute Gasteiger partial charge is 0.322 e. The Kier molecular flexibility index (Phi) is 8.14. The van der Waals surface area contributed by atoms with Gasteiger partial charge < -0.3 is 30.6 Å². The monoisotopic (exact) mass is 533 g/mol. The zero-order valence-electron chi connectivity index (χ0n) is 19.2. The maximum atomic E-state index is 12.8. The maximum absolute atomic E-state index is 12.8. The van der Waals surface area contributed by atoms with Crippen LogP contribution in [0.25, 0.3) is 11.1 Å². The van der Waals surface area contributed by atoms with Crippen LogP contribution in [0.5, 0.6) is 0 Å². The van der Waals surface area contributed by atoms with E-state index < -0.39 is 4.92 Å². The zero-order chi connectivity index (χ0) is 25.7. The molecule has 1 aliphatic rings. The number of rotatable bonds is 8. The maximum Gasteiger partial charge on any atom is 0.322 e. The molecule has 0 atom stereocenters. The number of urea groups is 1. The topological polar surface area (TPSA) is 141 Å². The quantitative estimate of drug-likeness (QED) is 0.216. The number of amides is 2. The van der Waals surface area contributed by atoms with Crippen molar-refractivity contribution in [1.29, 1.82) is 0 Å². The van der Waals surface area contributed by atoms with Gasteiger partial charge in [-0.1, -0.05) is 29.3 Å². The second kappa shape index (κ2) is 11.5. The molecule has 4 rings (SSSR count). The van der Waals surface area contributed by atoms with Crippen molar-refractivity contribution in [3.63, 3.8) is 0 Å². The molecule has 1 saturated heterocycles. The molecule has 1 fully saturated rings. The predicted octanol–water partition coefficient (Wildman–Crippen LogP) is 4.71. The molecule has 0 aliphatic carbocycles. The molecular weight excluding hydrogens is 509 g/mol. The lowest BCUT2D eigenvalue weighted by atomic mass is 10.1. The van der Waals surface area contributed by atoms with E-state index in [0.717, 1.165) is 11.1 Å². The predicted molar refractivity (Wildman–Crippen MR) is 140 cm³/mol. The van der Waals surface area contributed by atoms with Crippen LogP contribution in [-0.2, 0) is 11.3 Å². The molecule has 2 amide bonds. The van der Waals surface area contributed by atoms with Gasteiger partial charge in [-0.3, -0.25) is 10.1 Å². The minimum Gasteiger partial charge on any atom is -0.378 e. The van der Waals surface area contributed by atoms with Crippen LogP contribution in [0.2, 0.25) is 10.0 Å². The average Bonchev–Trinajstić information content (AvgIpc) is 3.24. The molecule has 2 aromatic heterocycles. The van der Waals surface area contributed by atoms with Crippen molar-refractivity contribution in [2.45, 2.75) is 13.0 Å². The average molecular weight is 534 g/mol. The van der Waals surface area contributed by atoms with Crippen molar-refractivity contribution in [3.05, 3.63) is 62.9 Å². The van der Waals surface area contributed by atoms with Gasteiger partial charge in [-0.15, -0.1) is 0 Å². The molecule has 1 aromatic carbocycles. The molecule has 0 radical (unpaired) electrons. The summed E-state index contributed by atoms with van der Waals surface area (Å²) in [6, 6.07) is 7.87. The van der Waals surface area contributed by atoms with E-state index in [2.05, 4.69) is 15.6 Å². The van der Waals surface area contributed by atoms with Crippen molar-refractivity contribution in [2.75, 3.05) is 49.2 Å². The van der Waals surface area contributed by atoms with Crippen molar-refractivity contribution in [1.82, 2.24) is 14.5 Å². The lowest BCUT2D eigenvalue weighted by Crippen LogP contribution is -2.43. The fourth-order valence-corrected chi connectivity index (χ4v) is 4.33. The number of aryl methyl sites for hydroxylation is 1. The normalized spacial score (nSPS) is 13.4. The molecule has 1 aliphatic heterocycles. The van der Waals surface area contributed by atoms with Crippen LogP contribution in [0.1, 0.15) is 6.42 Å². The van der Waals surface area contributed by atoms with E-state index in [9.17, 15) is 14.9 Å². The Morgan fingerprint density at radius 2 is 1.94 bits per heavy atom. The van der Waals surface area contributed by atoms with Crippen LogP contribution in [0, 0.1) is 10.1 Å². The van der Waals surface area contributed by atoms with Gasteiger partial charge in [0.2, 0.25) is 5.82 Å². The number of carbonyl (C=O) groups is 1. The Hall–Kier alpha value is -3.54. The number of halogens is 2. The Morgan fingerprint density at radius 3 is 2.64 bits per heavy atom. The Morgan fingerprint density at radius 1 is 1.17 bits per heavy atom. The number of morpholine rings is 1. The van der Waals surface area contributed by atoms with Gasteiger partial charge in [-0.25, -0.2) is 9.78 Å². The highest BCUT2D eigenvalue weighted by atomic mass is 35.5. The molecule has 3 aromatic rings. The number of nitrogens with two attached hydrogens (primary N) is 1. The van der Waals surface area contributed by atoms with Crippen molar-refractivity contribution in [3.8, 4) is 11.1 Å². The number of benzene rings is 1. The number of hydrogen-bond donors (Lipinski definition) is 3. The number of pyridine rings is 1. The van der Waals surface area contributed by atoms with E-state index in [-0.39, 0.29) is 17.5 Å². The third-order valence-electron chi connectivity index (χ3n) is 5.64. The standard InChI is InChI=1S/C23H25Cl2N7O4/c24-15-2-3-16(18(25)12-15)17-13-30(14-19(17)28-23(33)31-8-10-36-11-9-31)7-1-6-27-21-5-4-20(32(34)35)22(26)29-21/h2-5,12-14H,1,6-11H2,(H,28,33)(H3,26,27,29). The van der Waals surface area contributed by atoms with Crippen molar-refractivity contribution < 1.29 is 14.5 Å². The largest absolute Gasteiger partial charge is 0.378 e. The summed E-state index contributed by atoms with van der Waals surface area (Å²) >= 11 is 12.5. The van der Waals surface area contributed by atoms with Crippen LogP contribution >= 0.6 is 23.2 Å². The van der Waals surface area contributed by atoms with Crippen LogP contribution in [0.3, 0.4) is 0 Å². The highest BCUT2D eigenvalue weighted by Gasteiger charge is 2.20. The lowest BCUT2D eigenvalue weighted by Gasteiger charge is -2.27. The summed E-state index contributed by atoms with van der Waals surface area (Å²) in [5.41, 5.74) is 7.58. The van der Waals surface area contributed by atoms with Crippen LogP contribution in [0.15, 0.2) is 42.7 Å². The first-order valence-corrected chi connectivity index (χ1v) is 12.0. The van der Waals surface area contributed by atoms with E-state index in [4.69, 9.17) is 33.7 Å². The molecule has 11 nitrogen and oxygen atoms in total. The Balaban J connectivity index is 1.45. The van der Waals surface area contributed by atoms with E-state index in [0.29, 0.717) is 67.4 Å². The summed E-state index contributed by atoms with van der Waals surface area (Å²) < 4.78 is 7.30. The van der Waals surface area contributed by atoms with E-state index in [1.165, 1.54) is 12.1 Å². The van der Waals surface area contributed by atoms with Crippen LogP contribution in [-0.4, -0.2) is 58.3 Å². The van der Waals surface area contributed by atoms with Gasteiger partial charge in [0.05, 0.1) is 28.8 Å². The first-order chi connectivity index (χ1) is 17.3. The van der Waals surface area contributed by atoms with E-state index >= 15 is 0 Å².